The van der Waals surface area contributed by atoms with Crippen LogP contribution in [0.5, 0.6) is 0 Å². The van der Waals surface area contributed by atoms with Gasteiger partial charge in [0, 0.05) is 13.0 Å². The molecule has 4 nitrogen and oxygen atoms in total. The number of amides is 1. The maximum atomic E-state index is 13.4. The lowest BCUT2D eigenvalue weighted by Crippen LogP contribution is -2.32. The number of likely N-dealkylation sites (tertiary alicyclic amines) is 1. The fourth-order valence-corrected chi connectivity index (χ4v) is 2.50. The molecule has 1 amide bonds. The molecule has 0 aliphatic carbocycles. The standard InChI is InChI=1S/C15H18FNO3/c1-2-20-15(19)10-13(17-8-4-7-14(17)18)11-5-3-6-12(16)9-11/h3,5-6,9,13H,2,4,7-8,10H2,1H3/t13-/m0/s1. The van der Waals surface area contributed by atoms with E-state index in [0.29, 0.717) is 25.1 Å². The van der Waals surface area contributed by atoms with E-state index < -0.39 is 6.04 Å². The number of hydrogen-bond acceptors (Lipinski definition) is 3. The molecule has 1 fully saturated rings. The van der Waals surface area contributed by atoms with Crippen molar-refractivity contribution in [3.8, 4) is 0 Å². The van der Waals surface area contributed by atoms with E-state index in [2.05, 4.69) is 0 Å². The predicted octanol–water partition coefficient (Wildman–Crippen LogP) is 2.44. The summed E-state index contributed by atoms with van der Waals surface area (Å²) < 4.78 is 18.3. The van der Waals surface area contributed by atoms with Crippen molar-refractivity contribution in [3.05, 3.63) is 35.6 Å². The molecule has 5 heteroatoms. The third kappa shape index (κ3) is 3.35. The fraction of sp³-hybridized carbons (Fsp3) is 0.467. The molecule has 108 valence electrons. The molecule has 0 radical (unpaired) electrons. The predicted molar refractivity (Wildman–Crippen MR) is 71.3 cm³/mol. The van der Waals surface area contributed by atoms with Gasteiger partial charge >= 0.3 is 5.97 Å². The zero-order valence-electron chi connectivity index (χ0n) is 11.5. The molecule has 0 bridgehead atoms. The van der Waals surface area contributed by atoms with Gasteiger partial charge in [0.15, 0.2) is 0 Å². The van der Waals surface area contributed by atoms with E-state index in [4.69, 9.17) is 4.74 Å². The van der Waals surface area contributed by atoms with Crippen molar-refractivity contribution >= 4 is 11.9 Å². The molecule has 0 unspecified atom stereocenters. The van der Waals surface area contributed by atoms with E-state index in [-0.39, 0.29) is 24.1 Å². The van der Waals surface area contributed by atoms with Gasteiger partial charge in [0.05, 0.1) is 19.1 Å². The lowest BCUT2D eigenvalue weighted by atomic mass is 10.0. The number of ether oxygens (including phenoxy) is 1. The van der Waals surface area contributed by atoms with Crippen molar-refractivity contribution < 1.29 is 18.7 Å². The first-order valence-electron chi connectivity index (χ1n) is 6.82. The molecule has 0 N–H and O–H groups in total. The highest BCUT2D eigenvalue weighted by Gasteiger charge is 2.31. The number of hydrogen-bond donors (Lipinski definition) is 0. The van der Waals surface area contributed by atoms with Crippen LogP contribution in [0.2, 0.25) is 0 Å². The average molecular weight is 279 g/mol. The summed E-state index contributed by atoms with van der Waals surface area (Å²) in [7, 11) is 0. The molecule has 1 aromatic carbocycles. The quantitative estimate of drug-likeness (QED) is 0.778. The Kier molecular flexibility index (Phi) is 4.71. The van der Waals surface area contributed by atoms with E-state index in [0.717, 1.165) is 6.42 Å². The second kappa shape index (κ2) is 6.50. The Hall–Kier alpha value is -1.91. The van der Waals surface area contributed by atoms with Gasteiger partial charge in [0.2, 0.25) is 5.91 Å². The molecule has 1 aliphatic rings. The summed E-state index contributed by atoms with van der Waals surface area (Å²) in [5.41, 5.74) is 0.633. The Labute approximate surface area is 117 Å². The molecule has 1 saturated heterocycles. The number of benzene rings is 1. The first-order chi connectivity index (χ1) is 9.61. The van der Waals surface area contributed by atoms with Gasteiger partial charge in [-0.25, -0.2) is 4.39 Å². The average Bonchev–Trinajstić information content (AvgIpc) is 2.82. The van der Waals surface area contributed by atoms with Crippen molar-refractivity contribution in [1.29, 1.82) is 0 Å². The maximum absolute atomic E-state index is 13.4. The highest BCUT2D eigenvalue weighted by atomic mass is 19.1. The van der Waals surface area contributed by atoms with Crippen LogP contribution in [0.15, 0.2) is 24.3 Å². The van der Waals surface area contributed by atoms with Crippen LogP contribution in [0, 0.1) is 5.82 Å². The molecule has 1 aliphatic heterocycles. The molecular formula is C15H18FNO3. The molecule has 0 spiro atoms. The molecule has 0 saturated carbocycles. The number of esters is 1. The zero-order chi connectivity index (χ0) is 14.5. The summed E-state index contributed by atoms with van der Waals surface area (Å²) in [5, 5.41) is 0. The maximum Gasteiger partial charge on any atom is 0.308 e. The Balaban J connectivity index is 2.23. The largest absolute Gasteiger partial charge is 0.466 e. The van der Waals surface area contributed by atoms with Crippen LogP contribution in [0.25, 0.3) is 0 Å². The Morgan fingerprint density at radius 3 is 2.90 bits per heavy atom. The van der Waals surface area contributed by atoms with Gasteiger partial charge in [0.1, 0.15) is 5.82 Å². The SMILES string of the molecule is CCOC(=O)C[C@@H](c1cccc(F)c1)N1CCCC1=O. The van der Waals surface area contributed by atoms with E-state index in [1.54, 1.807) is 24.0 Å². The molecule has 0 aromatic heterocycles. The highest BCUT2D eigenvalue weighted by Crippen LogP contribution is 2.29. The zero-order valence-corrected chi connectivity index (χ0v) is 11.5. The number of halogens is 1. The van der Waals surface area contributed by atoms with Crippen LogP contribution < -0.4 is 0 Å². The van der Waals surface area contributed by atoms with Crippen LogP contribution in [-0.4, -0.2) is 29.9 Å². The van der Waals surface area contributed by atoms with E-state index in [9.17, 15) is 14.0 Å². The Bertz CT molecular complexity index is 504. The number of carbonyl (C=O) groups is 2. The molecule has 1 atom stereocenters. The van der Waals surface area contributed by atoms with Gasteiger partial charge in [-0.2, -0.15) is 0 Å². The van der Waals surface area contributed by atoms with E-state index in [1.165, 1.54) is 12.1 Å². The minimum atomic E-state index is -0.445. The summed E-state index contributed by atoms with van der Waals surface area (Å²) in [6.07, 6.45) is 1.31. The number of carbonyl (C=O) groups excluding carboxylic acids is 2. The lowest BCUT2D eigenvalue weighted by Gasteiger charge is -2.27. The van der Waals surface area contributed by atoms with Gasteiger partial charge in [-0.3, -0.25) is 9.59 Å². The van der Waals surface area contributed by atoms with Crippen molar-refractivity contribution in [2.75, 3.05) is 13.2 Å². The Morgan fingerprint density at radius 2 is 2.30 bits per heavy atom. The van der Waals surface area contributed by atoms with Crippen LogP contribution in [-0.2, 0) is 14.3 Å². The lowest BCUT2D eigenvalue weighted by molar-refractivity contribution is -0.145. The monoisotopic (exact) mass is 279 g/mol. The molecule has 2 rings (SSSR count). The van der Waals surface area contributed by atoms with Crippen LogP contribution >= 0.6 is 0 Å². The summed E-state index contributed by atoms with van der Waals surface area (Å²) in [4.78, 5) is 25.3. The van der Waals surface area contributed by atoms with Gasteiger partial charge in [0.25, 0.3) is 0 Å². The van der Waals surface area contributed by atoms with Crippen LogP contribution in [0.3, 0.4) is 0 Å². The minimum absolute atomic E-state index is 0.00330. The van der Waals surface area contributed by atoms with Crippen molar-refractivity contribution in [1.82, 2.24) is 4.90 Å². The third-order valence-corrected chi connectivity index (χ3v) is 3.39. The van der Waals surface area contributed by atoms with Crippen LogP contribution in [0.1, 0.15) is 37.8 Å². The third-order valence-electron chi connectivity index (χ3n) is 3.39. The van der Waals surface area contributed by atoms with Crippen molar-refractivity contribution in [2.45, 2.75) is 32.2 Å². The van der Waals surface area contributed by atoms with Gasteiger partial charge in [-0.15, -0.1) is 0 Å². The second-order valence-electron chi connectivity index (χ2n) is 4.77. The summed E-state index contributed by atoms with van der Waals surface area (Å²) in [5.74, 6) is -0.743. The smallest absolute Gasteiger partial charge is 0.308 e. The van der Waals surface area contributed by atoms with Crippen LogP contribution in [0.4, 0.5) is 4.39 Å². The number of nitrogens with zero attached hydrogens (tertiary/aromatic N) is 1. The van der Waals surface area contributed by atoms with Crippen molar-refractivity contribution in [3.63, 3.8) is 0 Å². The summed E-state index contributed by atoms with van der Waals surface area (Å²) >= 11 is 0. The van der Waals surface area contributed by atoms with Gasteiger partial charge < -0.3 is 9.64 Å². The molecule has 1 heterocycles. The first kappa shape index (κ1) is 14.5. The normalized spacial score (nSPS) is 16.3. The molecular weight excluding hydrogens is 261 g/mol. The summed E-state index contributed by atoms with van der Waals surface area (Å²) in [6, 6.07) is 5.59. The number of rotatable bonds is 5. The topological polar surface area (TPSA) is 46.6 Å². The highest BCUT2D eigenvalue weighted by molar-refractivity contribution is 5.80. The fourth-order valence-electron chi connectivity index (χ4n) is 2.50. The summed E-state index contributed by atoms with van der Waals surface area (Å²) in [6.45, 7) is 2.62. The van der Waals surface area contributed by atoms with E-state index >= 15 is 0 Å². The Morgan fingerprint density at radius 1 is 1.50 bits per heavy atom. The second-order valence-corrected chi connectivity index (χ2v) is 4.77. The van der Waals surface area contributed by atoms with Crippen molar-refractivity contribution in [2.24, 2.45) is 0 Å². The van der Waals surface area contributed by atoms with Gasteiger partial charge in [-0.05, 0) is 31.0 Å². The molecule has 20 heavy (non-hydrogen) atoms. The first-order valence-corrected chi connectivity index (χ1v) is 6.82. The van der Waals surface area contributed by atoms with E-state index in [1.807, 2.05) is 0 Å². The van der Waals surface area contributed by atoms with Gasteiger partial charge in [-0.1, -0.05) is 12.1 Å². The minimum Gasteiger partial charge on any atom is -0.466 e. The molecule has 1 aromatic rings.